The number of carbonyl (C=O) groups excluding carboxylic acids is 1. The van der Waals surface area contributed by atoms with E-state index >= 15 is 0 Å². The van der Waals surface area contributed by atoms with Gasteiger partial charge >= 0.3 is 0 Å². The van der Waals surface area contributed by atoms with Gasteiger partial charge in [-0.15, -0.1) is 12.4 Å². The lowest BCUT2D eigenvalue weighted by Gasteiger charge is -2.18. The Labute approximate surface area is 153 Å². The maximum Gasteiger partial charge on any atom is 0.221 e. The number of benzene rings is 1. The third-order valence-corrected chi connectivity index (χ3v) is 5.89. The zero-order chi connectivity index (χ0) is 17.0. The molecule has 1 amide bonds. The summed E-state index contributed by atoms with van der Waals surface area (Å²) >= 11 is 0. The fourth-order valence-electron chi connectivity index (χ4n) is 2.82. The molecule has 1 aromatic carbocycles. The predicted octanol–water partition coefficient (Wildman–Crippen LogP) is 0.912. The number of halogens is 1. The summed E-state index contributed by atoms with van der Waals surface area (Å²) in [5, 5.41) is 6.07. The van der Waals surface area contributed by atoms with Crippen LogP contribution in [0.15, 0.2) is 23.1 Å². The number of hydrogen-bond donors (Lipinski definition) is 2. The molecule has 1 aromatic rings. The Bertz CT molecular complexity index is 704. The van der Waals surface area contributed by atoms with Gasteiger partial charge in [-0.1, -0.05) is 0 Å². The number of sulfone groups is 1. The smallest absolute Gasteiger partial charge is 0.221 e. The van der Waals surface area contributed by atoms with Crippen molar-refractivity contribution in [3.05, 3.63) is 18.2 Å². The van der Waals surface area contributed by atoms with E-state index in [-0.39, 0.29) is 35.4 Å². The summed E-state index contributed by atoms with van der Waals surface area (Å²) < 4.78 is 35.6. The van der Waals surface area contributed by atoms with Crippen LogP contribution in [0.5, 0.6) is 11.5 Å². The number of rotatable bonds is 6. The minimum absolute atomic E-state index is 0. The minimum atomic E-state index is -3.54. The first kappa shape index (κ1) is 19.8. The lowest BCUT2D eigenvalue weighted by Crippen LogP contribution is -2.37. The maximum atomic E-state index is 12.4. The molecule has 1 fully saturated rings. The molecule has 0 spiro atoms. The summed E-state index contributed by atoms with van der Waals surface area (Å²) in [6, 6.07) is 4.84. The largest absolute Gasteiger partial charge is 0.486 e. The van der Waals surface area contributed by atoms with Crippen LogP contribution in [0.3, 0.4) is 0 Å². The van der Waals surface area contributed by atoms with Crippen LogP contribution in [-0.4, -0.2) is 52.4 Å². The van der Waals surface area contributed by atoms with Crippen molar-refractivity contribution in [1.82, 2.24) is 10.6 Å². The molecule has 0 bridgehead atoms. The Hall–Kier alpha value is -1.51. The molecule has 3 rings (SSSR count). The molecule has 2 heterocycles. The first-order valence-corrected chi connectivity index (χ1v) is 9.82. The van der Waals surface area contributed by atoms with Crippen LogP contribution in [0.4, 0.5) is 0 Å². The van der Waals surface area contributed by atoms with Gasteiger partial charge in [0.05, 0.1) is 10.6 Å². The fraction of sp³-hybridized carbons (Fsp3) is 0.562. The van der Waals surface area contributed by atoms with E-state index in [1.165, 1.54) is 12.1 Å². The molecule has 0 saturated carbocycles. The molecule has 25 heavy (non-hydrogen) atoms. The van der Waals surface area contributed by atoms with Gasteiger partial charge < -0.3 is 20.1 Å². The van der Waals surface area contributed by atoms with Gasteiger partial charge in [0.1, 0.15) is 13.2 Å². The van der Waals surface area contributed by atoms with Crippen molar-refractivity contribution in [2.45, 2.75) is 30.2 Å². The van der Waals surface area contributed by atoms with E-state index in [1.54, 1.807) is 6.07 Å². The lowest BCUT2D eigenvalue weighted by molar-refractivity contribution is -0.120. The average Bonchev–Trinajstić information content (AvgIpc) is 3.11. The van der Waals surface area contributed by atoms with Gasteiger partial charge in [-0.2, -0.15) is 0 Å². The second-order valence-electron chi connectivity index (χ2n) is 5.97. The number of fused-ring (bicyclic) bond motifs is 1. The van der Waals surface area contributed by atoms with Crippen LogP contribution >= 0.6 is 12.4 Å². The molecule has 0 aliphatic carbocycles. The monoisotopic (exact) mass is 390 g/mol. The number of nitrogens with one attached hydrogen (secondary N) is 2. The fourth-order valence-corrected chi connectivity index (χ4v) is 4.07. The van der Waals surface area contributed by atoms with Crippen molar-refractivity contribution < 1.29 is 22.7 Å². The highest BCUT2D eigenvalue weighted by molar-refractivity contribution is 7.91. The zero-order valence-electron chi connectivity index (χ0n) is 13.8. The predicted molar refractivity (Wildman–Crippen MR) is 95.4 cm³/mol. The average molecular weight is 391 g/mol. The third-order valence-electron chi connectivity index (χ3n) is 4.18. The number of hydrogen-bond acceptors (Lipinski definition) is 6. The Morgan fingerprint density at radius 1 is 1.24 bits per heavy atom. The van der Waals surface area contributed by atoms with Crippen LogP contribution in [0.25, 0.3) is 0 Å². The van der Waals surface area contributed by atoms with Gasteiger partial charge in [0.25, 0.3) is 0 Å². The molecule has 2 aliphatic heterocycles. The van der Waals surface area contributed by atoms with Crippen molar-refractivity contribution >= 4 is 28.2 Å². The summed E-state index contributed by atoms with van der Waals surface area (Å²) in [5.74, 6) is 0.502. The Balaban J connectivity index is 0.00000225. The molecule has 2 N–H and O–H groups in total. The summed E-state index contributed by atoms with van der Waals surface area (Å²) in [6.45, 7) is 2.37. The lowest BCUT2D eigenvalue weighted by atomic mass is 10.2. The Morgan fingerprint density at radius 3 is 2.72 bits per heavy atom. The van der Waals surface area contributed by atoms with E-state index in [4.69, 9.17) is 9.47 Å². The summed E-state index contributed by atoms with van der Waals surface area (Å²) in [5.41, 5.74) is 0. The highest BCUT2D eigenvalue weighted by atomic mass is 35.5. The molecule has 9 heteroatoms. The van der Waals surface area contributed by atoms with Crippen LogP contribution in [-0.2, 0) is 14.6 Å². The van der Waals surface area contributed by atoms with Crippen LogP contribution < -0.4 is 20.1 Å². The van der Waals surface area contributed by atoms with E-state index < -0.39 is 9.84 Å². The molecular formula is C16H23ClN2O5S. The van der Waals surface area contributed by atoms with Crippen molar-refractivity contribution in [3.63, 3.8) is 0 Å². The number of amides is 1. The van der Waals surface area contributed by atoms with E-state index in [1.807, 2.05) is 0 Å². The molecule has 0 aromatic heterocycles. The SMILES string of the molecule is Cl.O=C(CCS(=O)(=O)c1ccc2c(c1)OCCO2)NCC1CCCN1. The highest BCUT2D eigenvalue weighted by Gasteiger charge is 2.21. The highest BCUT2D eigenvalue weighted by Crippen LogP contribution is 2.32. The normalized spacial score (nSPS) is 19.1. The standard InChI is InChI=1S/C16H22N2O5S.ClH/c19-16(18-11-12-2-1-6-17-12)5-9-24(20,21)13-3-4-14-15(10-13)23-8-7-22-14;/h3-4,10,12,17H,1-2,5-9,11H2,(H,18,19);1H. The molecule has 0 radical (unpaired) electrons. The quantitative estimate of drug-likeness (QED) is 0.750. The zero-order valence-corrected chi connectivity index (χ0v) is 15.5. The first-order chi connectivity index (χ1) is 11.5. The topological polar surface area (TPSA) is 93.7 Å². The van der Waals surface area contributed by atoms with Gasteiger partial charge in [0.2, 0.25) is 5.91 Å². The Morgan fingerprint density at radius 2 is 2.00 bits per heavy atom. The number of carbonyl (C=O) groups is 1. The minimum Gasteiger partial charge on any atom is -0.486 e. The van der Waals surface area contributed by atoms with Crippen molar-refractivity contribution in [1.29, 1.82) is 0 Å². The van der Waals surface area contributed by atoms with Gasteiger partial charge in [-0.25, -0.2) is 8.42 Å². The molecule has 140 valence electrons. The second kappa shape index (κ2) is 8.73. The third kappa shape index (κ3) is 5.23. The van der Waals surface area contributed by atoms with Gasteiger partial charge in [-0.3, -0.25) is 4.79 Å². The Kier molecular flexibility index (Phi) is 6.92. The molecule has 1 atom stereocenters. The molecule has 7 nitrogen and oxygen atoms in total. The van der Waals surface area contributed by atoms with Crippen LogP contribution in [0.1, 0.15) is 19.3 Å². The van der Waals surface area contributed by atoms with E-state index in [9.17, 15) is 13.2 Å². The maximum absolute atomic E-state index is 12.4. The van der Waals surface area contributed by atoms with Crippen LogP contribution in [0.2, 0.25) is 0 Å². The van der Waals surface area contributed by atoms with Crippen molar-refractivity contribution in [2.75, 3.05) is 32.1 Å². The summed E-state index contributed by atoms with van der Waals surface area (Å²) in [4.78, 5) is 12.0. The van der Waals surface area contributed by atoms with Gasteiger partial charge in [0, 0.05) is 25.1 Å². The summed E-state index contributed by atoms with van der Waals surface area (Å²) in [6.07, 6.45) is 2.10. The molecular weight excluding hydrogens is 368 g/mol. The van der Waals surface area contributed by atoms with E-state index in [2.05, 4.69) is 10.6 Å². The van der Waals surface area contributed by atoms with E-state index in [0.29, 0.717) is 37.3 Å². The molecule has 1 unspecified atom stereocenters. The molecule has 1 saturated heterocycles. The van der Waals surface area contributed by atoms with E-state index in [0.717, 1.165) is 19.4 Å². The summed E-state index contributed by atoms with van der Waals surface area (Å²) in [7, 11) is -3.54. The first-order valence-electron chi connectivity index (χ1n) is 8.17. The molecule has 2 aliphatic rings. The second-order valence-corrected chi connectivity index (χ2v) is 8.08. The van der Waals surface area contributed by atoms with Gasteiger partial charge in [-0.05, 0) is 31.5 Å². The van der Waals surface area contributed by atoms with Crippen molar-refractivity contribution in [3.8, 4) is 11.5 Å². The van der Waals surface area contributed by atoms with Gasteiger partial charge in [0.15, 0.2) is 21.3 Å². The van der Waals surface area contributed by atoms with Crippen LogP contribution in [0, 0.1) is 0 Å². The van der Waals surface area contributed by atoms with Crippen molar-refractivity contribution in [2.24, 2.45) is 0 Å². The number of ether oxygens (including phenoxy) is 2.